The molecule has 2 aliphatic heterocycles. The van der Waals surface area contributed by atoms with Crippen molar-refractivity contribution in [1.82, 2.24) is 9.80 Å². The SMILES string of the molecule is Cc1ccc(NS(=O)(=O)c2ccc(C)c(C(=O)N3CCN(C4CCS(=O)(=O)C4)CC3)c2)cc1. The van der Waals surface area contributed by atoms with Gasteiger partial charge in [0, 0.05) is 43.5 Å². The number of sulfonamides is 1. The van der Waals surface area contributed by atoms with Gasteiger partial charge in [0.25, 0.3) is 15.9 Å². The van der Waals surface area contributed by atoms with E-state index in [1.807, 2.05) is 19.1 Å². The van der Waals surface area contributed by atoms with Crippen molar-refractivity contribution in [2.45, 2.75) is 31.2 Å². The molecule has 33 heavy (non-hydrogen) atoms. The Morgan fingerprint density at radius 2 is 1.67 bits per heavy atom. The number of carbonyl (C=O) groups excluding carboxylic acids is 1. The van der Waals surface area contributed by atoms with E-state index < -0.39 is 19.9 Å². The first kappa shape index (κ1) is 23.7. The number of hydrogen-bond donors (Lipinski definition) is 1. The van der Waals surface area contributed by atoms with E-state index in [2.05, 4.69) is 9.62 Å². The van der Waals surface area contributed by atoms with Crippen LogP contribution < -0.4 is 4.72 Å². The summed E-state index contributed by atoms with van der Waals surface area (Å²) in [5.41, 5.74) is 2.55. The summed E-state index contributed by atoms with van der Waals surface area (Å²) in [5, 5.41) is 0. The zero-order valence-corrected chi connectivity index (χ0v) is 20.5. The molecule has 8 nitrogen and oxygen atoms in total. The van der Waals surface area contributed by atoms with Crippen LogP contribution >= 0.6 is 0 Å². The molecule has 0 radical (unpaired) electrons. The summed E-state index contributed by atoms with van der Waals surface area (Å²) in [6.07, 6.45) is 0.642. The first-order valence-electron chi connectivity index (χ1n) is 11.0. The molecule has 2 aromatic carbocycles. The summed E-state index contributed by atoms with van der Waals surface area (Å²) in [7, 11) is -6.80. The summed E-state index contributed by atoms with van der Waals surface area (Å²) in [5.74, 6) is 0.209. The summed E-state index contributed by atoms with van der Waals surface area (Å²) in [4.78, 5) is 17.1. The Balaban J connectivity index is 1.46. The normalized spacial score (nSPS) is 21.2. The highest BCUT2D eigenvalue weighted by Crippen LogP contribution is 2.23. The largest absolute Gasteiger partial charge is 0.336 e. The molecule has 0 aliphatic carbocycles. The van der Waals surface area contributed by atoms with Crippen LogP contribution in [0.4, 0.5) is 5.69 Å². The fourth-order valence-corrected chi connectivity index (χ4v) is 7.20. The maximum Gasteiger partial charge on any atom is 0.261 e. The van der Waals surface area contributed by atoms with Gasteiger partial charge < -0.3 is 4.90 Å². The predicted molar refractivity (Wildman–Crippen MR) is 128 cm³/mol. The molecule has 1 atom stereocenters. The number of aryl methyl sites for hydroxylation is 2. The van der Waals surface area contributed by atoms with E-state index in [9.17, 15) is 21.6 Å². The zero-order chi connectivity index (χ0) is 23.8. The van der Waals surface area contributed by atoms with E-state index in [1.54, 1.807) is 30.0 Å². The number of nitrogens with zero attached hydrogens (tertiary/aromatic N) is 2. The van der Waals surface area contributed by atoms with Crippen LogP contribution in [0.2, 0.25) is 0 Å². The summed E-state index contributed by atoms with van der Waals surface area (Å²) in [6, 6.07) is 11.6. The molecular formula is C23H29N3O5S2. The molecule has 1 N–H and O–H groups in total. The molecule has 178 valence electrons. The van der Waals surface area contributed by atoms with Crippen molar-refractivity contribution in [3.63, 3.8) is 0 Å². The lowest BCUT2D eigenvalue weighted by Crippen LogP contribution is -2.52. The second kappa shape index (κ2) is 9.08. The van der Waals surface area contributed by atoms with E-state index in [-0.39, 0.29) is 28.4 Å². The summed E-state index contributed by atoms with van der Waals surface area (Å²) < 4.78 is 51.9. The molecule has 0 saturated carbocycles. The Morgan fingerprint density at radius 1 is 1.00 bits per heavy atom. The molecule has 2 aliphatic rings. The standard InChI is InChI=1S/C23H29N3O5S2/c1-17-3-6-19(7-4-17)24-33(30,31)21-8-5-18(2)22(15-21)23(27)26-12-10-25(11-13-26)20-9-14-32(28,29)16-20/h3-8,15,20,24H,9-14,16H2,1-2H3. The Morgan fingerprint density at radius 3 is 2.27 bits per heavy atom. The number of hydrogen-bond acceptors (Lipinski definition) is 6. The monoisotopic (exact) mass is 491 g/mol. The van der Waals surface area contributed by atoms with Crippen LogP contribution in [0, 0.1) is 13.8 Å². The van der Waals surface area contributed by atoms with E-state index >= 15 is 0 Å². The van der Waals surface area contributed by atoms with Crippen molar-refractivity contribution in [2.24, 2.45) is 0 Å². The molecule has 0 aromatic heterocycles. The molecule has 0 spiro atoms. The van der Waals surface area contributed by atoms with Crippen molar-refractivity contribution < 1.29 is 21.6 Å². The molecule has 2 fully saturated rings. The minimum atomic E-state index is -3.85. The average Bonchev–Trinajstić information content (AvgIpc) is 3.15. The highest BCUT2D eigenvalue weighted by Gasteiger charge is 2.34. The van der Waals surface area contributed by atoms with Crippen LogP contribution in [0.5, 0.6) is 0 Å². The second-order valence-electron chi connectivity index (χ2n) is 8.83. The van der Waals surface area contributed by atoms with Crippen molar-refractivity contribution in [3.05, 3.63) is 59.2 Å². The molecule has 1 amide bonds. The number of benzene rings is 2. The quantitative estimate of drug-likeness (QED) is 0.687. The third-order valence-corrected chi connectivity index (χ3v) is 9.51. The van der Waals surface area contributed by atoms with Crippen LogP contribution in [0.25, 0.3) is 0 Å². The van der Waals surface area contributed by atoms with Gasteiger partial charge in [-0.25, -0.2) is 16.8 Å². The Kier molecular flexibility index (Phi) is 6.52. The van der Waals surface area contributed by atoms with Gasteiger partial charge in [0.05, 0.1) is 16.4 Å². The third kappa shape index (κ3) is 5.39. The lowest BCUT2D eigenvalue weighted by molar-refractivity contribution is 0.0587. The predicted octanol–water partition coefficient (Wildman–Crippen LogP) is 2.05. The van der Waals surface area contributed by atoms with E-state index in [0.29, 0.717) is 49.4 Å². The smallest absolute Gasteiger partial charge is 0.261 e. The highest BCUT2D eigenvalue weighted by atomic mass is 32.2. The molecular weight excluding hydrogens is 462 g/mol. The van der Waals surface area contributed by atoms with Gasteiger partial charge >= 0.3 is 0 Å². The van der Waals surface area contributed by atoms with E-state index in [4.69, 9.17) is 0 Å². The van der Waals surface area contributed by atoms with Crippen LogP contribution in [0.3, 0.4) is 0 Å². The minimum Gasteiger partial charge on any atom is -0.336 e. The van der Waals surface area contributed by atoms with Crippen LogP contribution in [-0.4, -0.2) is 76.3 Å². The van der Waals surface area contributed by atoms with E-state index in [1.165, 1.54) is 12.1 Å². The summed E-state index contributed by atoms with van der Waals surface area (Å²) >= 11 is 0. The number of amides is 1. The average molecular weight is 492 g/mol. The van der Waals surface area contributed by atoms with E-state index in [0.717, 1.165) is 5.56 Å². The molecule has 0 bridgehead atoms. The number of nitrogens with one attached hydrogen (secondary N) is 1. The minimum absolute atomic E-state index is 0.0234. The van der Waals surface area contributed by atoms with Gasteiger partial charge in [-0.2, -0.15) is 0 Å². The Bertz CT molecular complexity index is 1250. The fourth-order valence-electron chi connectivity index (χ4n) is 4.36. The molecule has 4 rings (SSSR count). The van der Waals surface area contributed by atoms with Crippen LogP contribution in [0.15, 0.2) is 47.4 Å². The number of rotatable bonds is 5. The Hall–Kier alpha value is -2.43. The lowest BCUT2D eigenvalue weighted by Gasteiger charge is -2.37. The van der Waals surface area contributed by atoms with Crippen LogP contribution in [-0.2, 0) is 19.9 Å². The van der Waals surface area contributed by atoms with Gasteiger partial charge in [0.15, 0.2) is 9.84 Å². The van der Waals surface area contributed by atoms with Gasteiger partial charge in [-0.05, 0) is 50.1 Å². The maximum absolute atomic E-state index is 13.2. The van der Waals surface area contributed by atoms with Gasteiger partial charge in [0.2, 0.25) is 0 Å². The zero-order valence-electron chi connectivity index (χ0n) is 18.8. The van der Waals surface area contributed by atoms with Gasteiger partial charge in [-0.15, -0.1) is 0 Å². The number of anilines is 1. The van der Waals surface area contributed by atoms with Gasteiger partial charge in [0.1, 0.15) is 0 Å². The molecule has 2 saturated heterocycles. The first-order valence-corrected chi connectivity index (χ1v) is 14.3. The van der Waals surface area contributed by atoms with Crippen molar-refractivity contribution in [3.8, 4) is 0 Å². The van der Waals surface area contributed by atoms with Crippen molar-refractivity contribution in [2.75, 3.05) is 42.4 Å². The summed E-state index contributed by atoms with van der Waals surface area (Å²) in [6.45, 7) is 5.89. The number of carbonyl (C=O) groups is 1. The molecule has 10 heteroatoms. The van der Waals surface area contributed by atoms with Crippen molar-refractivity contribution >= 4 is 31.5 Å². The van der Waals surface area contributed by atoms with Crippen molar-refractivity contribution in [1.29, 1.82) is 0 Å². The Labute approximate surface area is 195 Å². The second-order valence-corrected chi connectivity index (χ2v) is 12.7. The number of piperazine rings is 1. The fraction of sp³-hybridized carbons (Fsp3) is 0.435. The van der Waals surface area contributed by atoms with Gasteiger partial charge in [-0.1, -0.05) is 23.8 Å². The lowest BCUT2D eigenvalue weighted by atomic mass is 10.1. The first-order chi connectivity index (χ1) is 15.5. The molecule has 2 heterocycles. The highest BCUT2D eigenvalue weighted by molar-refractivity contribution is 7.92. The molecule has 2 aromatic rings. The van der Waals surface area contributed by atoms with Gasteiger partial charge in [-0.3, -0.25) is 14.4 Å². The third-order valence-electron chi connectivity index (χ3n) is 6.38. The van der Waals surface area contributed by atoms with Crippen LogP contribution in [0.1, 0.15) is 27.9 Å². The topological polar surface area (TPSA) is 104 Å². The molecule has 1 unspecified atom stereocenters. The maximum atomic E-state index is 13.2. The number of sulfone groups is 1.